The molecule has 86 valence electrons. The van der Waals surface area contributed by atoms with E-state index >= 15 is 0 Å². The summed E-state index contributed by atoms with van der Waals surface area (Å²) in [5.74, 6) is 0.886. The molecule has 1 heterocycles. The molecular weight excluding hydrogens is 212 g/mol. The van der Waals surface area contributed by atoms with Crippen molar-refractivity contribution in [1.82, 2.24) is 4.90 Å². The molecule has 0 unspecified atom stereocenters. The normalized spacial score (nSPS) is 35.3. The molecule has 1 saturated carbocycles. The molecule has 2 aliphatic rings. The Morgan fingerprint density at radius 1 is 1.53 bits per heavy atom. The molecule has 0 aromatic rings. The average molecular weight is 231 g/mol. The summed E-state index contributed by atoms with van der Waals surface area (Å²) in [5.41, 5.74) is 6.08. The molecular formula is C11H19ClN2O. The van der Waals surface area contributed by atoms with E-state index in [2.05, 4.69) is 0 Å². The number of nitrogens with zero attached hydrogens (tertiary/aromatic N) is 1. The van der Waals surface area contributed by atoms with Crippen molar-refractivity contribution in [2.45, 2.75) is 25.7 Å². The zero-order valence-corrected chi connectivity index (χ0v) is 9.80. The average Bonchev–Trinajstić information content (AvgIpc) is 2.86. The molecule has 4 heteroatoms. The predicted molar refractivity (Wildman–Crippen MR) is 60.7 cm³/mol. The van der Waals surface area contributed by atoms with Crippen LogP contribution in [0, 0.1) is 11.3 Å². The highest BCUT2D eigenvalue weighted by Crippen LogP contribution is 2.47. The van der Waals surface area contributed by atoms with Gasteiger partial charge in [-0.1, -0.05) is 0 Å². The van der Waals surface area contributed by atoms with Crippen LogP contribution in [0.15, 0.2) is 0 Å². The summed E-state index contributed by atoms with van der Waals surface area (Å²) in [6, 6.07) is 0. The minimum atomic E-state index is 0.0877. The molecule has 1 amide bonds. The molecule has 0 radical (unpaired) electrons. The second kappa shape index (κ2) is 4.30. The van der Waals surface area contributed by atoms with E-state index in [1.54, 1.807) is 0 Å². The smallest absolute Gasteiger partial charge is 0.237 e. The van der Waals surface area contributed by atoms with Crippen LogP contribution in [-0.4, -0.2) is 36.3 Å². The molecule has 0 aromatic heterocycles. The summed E-state index contributed by atoms with van der Waals surface area (Å²) >= 11 is 5.57. The zero-order valence-electron chi connectivity index (χ0n) is 9.04. The Kier molecular flexibility index (Phi) is 3.21. The monoisotopic (exact) mass is 230 g/mol. The number of halogens is 1. The molecule has 1 saturated heterocycles. The Hall–Kier alpha value is -0.280. The highest BCUT2D eigenvalue weighted by molar-refractivity contribution is 6.27. The van der Waals surface area contributed by atoms with Gasteiger partial charge in [0.15, 0.2) is 0 Å². The van der Waals surface area contributed by atoms with Gasteiger partial charge in [0.2, 0.25) is 5.91 Å². The van der Waals surface area contributed by atoms with Gasteiger partial charge in [0.25, 0.3) is 0 Å². The largest absolute Gasteiger partial charge is 0.341 e. The summed E-state index contributed by atoms with van der Waals surface area (Å²) in [4.78, 5) is 13.4. The molecule has 1 aliphatic heterocycles. The van der Waals surface area contributed by atoms with Crippen LogP contribution in [0.25, 0.3) is 0 Å². The minimum absolute atomic E-state index is 0.0877. The molecule has 0 aromatic carbocycles. The predicted octanol–water partition coefficient (Wildman–Crippen LogP) is 1.20. The van der Waals surface area contributed by atoms with Gasteiger partial charge in [0.05, 0.1) is 0 Å². The number of hydrogen-bond acceptors (Lipinski definition) is 2. The van der Waals surface area contributed by atoms with E-state index in [4.69, 9.17) is 17.3 Å². The number of alkyl halides is 1. The number of amides is 1. The van der Waals surface area contributed by atoms with Gasteiger partial charge in [0, 0.05) is 13.1 Å². The van der Waals surface area contributed by atoms with Gasteiger partial charge in [-0.05, 0) is 43.6 Å². The summed E-state index contributed by atoms with van der Waals surface area (Å²) in [6.45, 7) is 2.60. The fourth-order valence-corrected chi connectivity index (χ4v) is 3.30. The minimum Gasteiger partial charge on any atom is -0.341 e. The number of likely N-dealkylation sites (tertiary alicyclic amines) is 1. The van der Waals surface area contributed by atoms with E-state index < -0.39 is 0 Å². The maximum atomic E-state index is 11.5. The molecule has 2 rings (SSSR count). The summed E-state index contributed by atoms with van der Waals surface area (Å²) in [5, 5.41) is 0. The fraction of sp³-hybridized carbons (Fsp3) is 0.909. The fourth-order valence-electron chi connectivity index (χ4n) is 3.13. The van der Waals surface area contributed by atoms with Gasteiger partial charge in [-0.15, -0.1) is 11.6 Å². The van der Waals surface area contributed by atoms with E-state index in [-0.39, 0.29) is 11.8 Å². The highest BCUT2D eigenvalue weighted by Gasteiger charge is 2.44. The number of carbonyl (C=O) groups is 1. The third kappa shape index (κ3) is 2.13. The lowest BCUT2D eigenvalue weighted by Gasteiger charge is -2.23. The van der Waals surface area contributed by atoms with Gasteiger partial charge in [0.1, 0.15) is 5.88 Å². The zero-order chi connectivity index (χ0) is 10.9. The Bertz CT molecular complexity index is 259. The van der Waals surface area contributed by atoms with Crippen molar-refractivity contribution in [3.05, 3.63) is 0 Å². The van der Waals surface area contributed by atoms with Crippen LogP contribution in [0.3, 0.4) is 0 Å². The van der Waals surface area contributed by atoms with Crippen LogP contribution in [0.2, 0.25) is 0 Å². The van der Waals surface area contributed by atoms with Crippen molar-refractivity contribution in [3.63, 3.8) is 0 Å². The topological polar surface area (TPSA) is 46.3 Å². The van der Waals surface area contributed by atoms with Gasteiger partial charge in [-0.2, -0.15) is 0 Å². The number of rotatable bonds is 2. The molecule has 2 fully saturated rings. The van der Waals surface area contributed by atoms with Crippen molar-refractivity contribution in [2.75, 3.05) is 25.5 Å². The molecule has 1 spiro atoms. The summed E-state index contributed by atoms with van der Waals surface area (Å²) in [6.07, 6.45) is 4.82. The Labute approximate surface area is 95.9 Å². The number of nitrogens with two attached hydrogens (primary N) is 1. The van der Waals surface area contributed by atoms with Crippen LogP contribution < -0.4 is 5.73 Å². The quantitative estimate of drug-likeness (QED) is 0.725. The van der Waals surface area contributed by atoms with E-state index in [1.165, 1.54) is 19.3 Å². The summed E-state index contributed by atoms with van der Waals surface area (Å²) in [7, 11) is 0. The first kappa shape index (κ1) is 11.2. The Balaban J connectivity index is 1.94. The Morgan fingerprint density at radius 2 is 2.33 bits per heavy atom. The first-order chi connectivity index (χ1) is 7.19. The number of hydrogen-bond donors (Lipinski definition) is 1. The van der Waals surface area contributed by atoms with Crippen LogP contribution in [-0.2, 0) is 4.79 Å². The van der Waals surface area contributed by atoms with Crippen molar-refractivity contribution in [1.29, 1.82) is 0 Å². The molecule has 2 atom stereocenters. The van der Waals surface area contributed by atoms with Crippen molar-refractivity contribution in [3.8, 4) is 0 Å². The second-order valence-corrected chi connectivity index (χ2v) is 5.31. The highest BCUT2D eigenvalue weighted by atomic mass is 35.5. The van der Waals surface area contributed by atoms with Gasteiger partial charge in [-0.25, -0.2) is 0 Å². The molecule has 2 N–H and O–H groups in total. The van der Waals surface area contributed by atoms with Gasteiger partial charge >= 0.3 is 0 Å². The first-order valence-electron chi connectivity index (χ1n) is 5.73. The van der Waals surface area contributed by atoms with Crippen LogP contribution >= 0.6 is 11.6 Å². The second-order valence-electron chi connectivity index (χ2n) is 5.04. The lowest BCUT2D eigenvalue weighted by Crippen LogP contribution is -2.32. The third-order valence-corrected chi connectivity index (χ3v) is 4.27. The van der Waals surface area contributed by atoms with Gasteiger partial charge < -0.3 is 10.6 Å². The maximum Gasteiger partial charge on any atom is 0.237 e. The van der Waals surface area contributed by atoms with Crippen molar-refractivity contribution in [2.24, 2.45) is 17.1 Å². The van der Waals surface area contributed by atoms with E-state index in [9.17, 15) is 4.79 Å². The van der Waals surface area contributed by atoms with E-state index in [0.29, 0.717) is 11.3 Å². The van der Waals surface area contributed by atoms with Gasteiger partial charge in [-0.3, -0.25) is 4.79 Å². The van der Waals surface area contributed by atoms with E-state index in [0.717, 1.165) is 26.1 Å². The lowest BCUT2D eigenvalue weighted by molar-refractivity contribution is -0.127. The standard InChI is InChI=1S/C11H19ClN2O/c12-6-10(15)14-4-3-11(8-14)2-1-9(5-11)7-13/h9H,1-8,13H2/t9-,11+/m1/s1. The summed E-state index contributed by atoms with van der Waals surface area (Å²) < 4.78 is 0. The molecule has 3 nitrogen and oxygen atoms in total. The third-order valence-electron chi connectivity index (χ3n) is 4.04. The number of carbonyl (C=O) groups excluding carboxylic acids is 1. The van der Waals surface area contributed by atoms with E-state index in [1.807, 2.05) is 4.90 Å². The first-order valence-corrected chi connectivity index (χ1v) is 6.26. The molecule has 0 bridgehead atoms. The van der Waals surface area contributed by atoms with Crippen molar-refractivity contribution >= 4 is 17.5 Å². The van der Waals surface area contributed by atoms with Crippen LogP contribution in [0.5, 0.6) is 0 Å². The maximum absolute atomic E-state index is 11.5. The van der Waals surface area contributed by atoms with Crippen LogP contribution in [0.1, 0.15) is 25.7 Å². The molecule has 1 aliphatic carbocycles. The van der Waals surface area contributed by atoms with Crippen molar-refractivity contribution < 1.29 is 4.79 Å². The SMILES string of the molecule is NC[C@@H]1CC[C@]2(CCN(C(=O)CCl)C2)C1. The molecule has 15 heavy (non-hydrogen) atoms. The van der Waals surface area contributed by atoms with Crippen LogP contribution in [0.4, 0.5) is 0 Å². The lowest BCUT2D eigenvalue weighted by atomic mass is 9.84. The Morgan fingerprint density at radius 3 is 2.93 bits per heavy atom.